The molecular formula is C24H53N3O12Si3. The number of amides is 3. The fraction of sp³-hybridized carbons (Fsp3) is 0.875. The van der Waals surface area contributed by atoms with Gasteiger partial charge in [-0.3, -0.25) is 0 Å². The van der Waals surface area contributed by atoms with Crippen LogP contribution in [0.15, 0.2) is 0 Å². The number of hydrogen-bond donors (Lipinski definition) is 6. The Morgan fingerprint density at radius 3 is 1.10 bits per heavy atom. The fourth-order valence-corrected chi connectivity index (χ4v) is 9.39. The minimum absolute atomic E-state index is 0.0850. The second-order valence-electron chi connectivity index (χ2n) is 10.9. The third kappa shape index (κ3) is 12.4. The van der Waals surface area contributed by atoms with Crippen LogP contribution in [0.2, 0.25) is 37.8 Å². The highest BCUT2D eigenvalue weighted by molar-refractivity contribution is 6.66. The summed E-state index contributed by atoms with van der Waals surface area (Å²) in [5.74, 6) is 0. The summed E-state index contributed by atoms with van der Waals surface area (Å²) in [6, 6.07) is 1.43. The highest BCUT2D eigenvalue weighted by atomic mass is 28.4. The van der Waals surface area contributed by atoms with E-state index in [2.05, 4.69) is 16.0 Å². The predicted octanol–water partition coefficient (Wildman–Crippen LogP) is 3.70. The van der Waals surface area contributed by atoms with E-state index in [9.17, 15) is 29.7 Å². The molecule has 0 aromatic carbocycles. The molecule has 15 nitrogen and oxygen atoms in total. The molecule has 0 bridgehead atoms. The van der Waals surface area contributed by atoms with Crippen molar-refractivity contribution < 1.29 is 56.3 Å². The zero-order valence-corrected chi connectivity index (χ0v) is 29.6. The van der Waals surface area contributed by atoms with Crippen molar-refractivity contribution in [2.45, 2.75) is 87.4 Å². The Morgan fingerprint density at radius 1 is 0.548 bits per heavy atom. The standard InChI is InChI=1S/C24H53N3O12Si3/c1-34-40(7,35-2)16-10-13-23(26-21(30)31,14-11-17-41(8,36-3)37-4)24(27-22(32)33,19-25-20(28)29)15-12-18-42(9,38-5)39-6/h25-27H,10-19H2,1-9H3,(H,28,29)(H,30,31)(H,32,33). The van der Waals surface area contributed by atoms with E-state index in [0.717, 1.165) is 0 Å². The summed E-state index contributed by atoms with van der Waals surface area (Å²) in [4.78, 5) is 36.5. The molecule has 0 aliphatic heterocycles. The van der Waals surface area contributed by atoms with Crippen LogP contribution < -0.4 is 16.0 Å². The lowest BCUT2D eigenvalue weighted by Gasteiger charge is -2.51. The SMILES string of the molecule is CO[Si](C)(CCCC(CCC[Si](C)(OC)OC)(NC(=O)O)C(CCC[Si](C)(OC)OC)(CNC(=O)O)NC(=O)O)OC. The number of carboxylic acid groups (broad SMARTS) is 3. The van der Waals surface area contributed by atoms with E-state index in [4.69, 9.17) is 26.6 Å². The van der Waals surface area contributed by atoms with Gasteiger partial charge in [0, 0.05) is 49.2 Å². The van der Waals surface area contributed by atoms with Gasteiger partial charge in [0.25, 0.3) is 0 Å². The maximum Gasteiger partial charge on any atom is 0.405 e. The molecule has 3 amide bonds. The maximum atomic E-state index is 12.4. The first-order chi connectivity index (χ1) is 19.5. The first-order valence-electron chi connectivity index (χ1n) is 13.8. The zero-order valence-electron chi connectivity index (χ0n) is 26.6. The molecule has 42 heavy (non-hydrogen) atoms. The van der Waals surface area contributed by atoms with Crippen molar-refractivity contribution in [1.82, 2.24) is 16.0 Å². The molecule has 1 unspecified atom stereocenters. The number of rotatable bonds is 23. The largest absolute Gasteiger partial charge is 0.465 e. The Hall–Kier alpha value is -1.78. The van der Waals surface area contributed by atoms with E-state index >= 15 is 0 Å². The lowest BCUT2D eigenvalue weighted by Crippen LogP contribution is -2.74. The summed E-state index contributed by atoms with van der Waals surface area (Å²) in [6.45, 7) is 5.23. The normalized spacial score (nSPS) is 14.2. The van der Waals surface area contributed by atoms with Crippen LogP contribution in [0, 0.1) is 0 Å². The topological polar surface area (TPSA) is 203 Å². The molecule has 0 heterocycles. The van der Waals surface area contributed by atoms with Gasteiger partial charge in [0.1, 0.15) is 0 Å². The molecule has 0 spiro atoms. The van der Waals surface area contributed by atoms with Gasteiger partial charge in [0.15, 0.2) is 0 Å². The molecule has 1 atom stereocenters. The quantitative estimate of drug-likeness (QED) is 0.0870. The number of nitrogens with one attached hydrogen (secondary N) is 3. The van der Waals surface area contributed by atoms with Gasteiger partial charge in [-0.25, -0.2) is 14.4 Å². The minimum atomic E-state index is -2.60. The molecule has 6 N–H and O–H groups in total. The van der Waals surface area contributed by atoms with Gasteiger partial charge >= 0.3 is 44.0 Å². The molecular weight excluding hydrogens is 607 g/mol. The molecule has 18 heteroatoms. The molecule has 0 aromatic rings. The summed E-state index contributed by atoms with van der Waals surface area (Å²) >= 11 is 0. The Bertz CT molecular complexity index is 821. The van der Waals surface area contributed by atoms with Crippen LogP contribution in [-0.4, -0.2) is 120 Å². The summed E-state index contributed by atoms with van der Waals surface area (Å²) in [7, 11) is 1.54. The van der Waals surface area contributed by atoms with Crippen molar-refractivity contribution in [3.63, 3.8) is 0 Å². The Morgan fingerprint density at radius 2 is 0.833 bits per heavy atom. The van der Waals surface area contributed by atoms with E-state index in [1.807, 2.05) is 19.6 Å². The van der Waals surface area contributed by atoms with Gasteiger partial charge in [0.2, 0.25) is 0 Å². The van der Waals surface area contributed by atoms with E-state index in [1.54, 1.807) is 42.7 Å². The van der Waals surface area contributed by atoms with Gasteiger partial charge in [-0.2, -0.15) is 0 Å². The van der Waals surface area contributed by atoms with Crippen molar-refractivity contribution in [3.8, 4) is 0 Å². The molecule has 0 saturated heterocycles. The maximum absolute atomic E-state index is 12.4. The lowest BCUT2D eigenvalue weighted by atomic mass is 9.68. The Kier molecular flexibility index (Phi) is 17.4. The first-order valence-corrected chi connectivity index (χ1v) is 21.4. The van der Waals surface area contributed by atoms with E-state index in [-0.39, 0.29) is 25.8 Å². The number of hydrogen-bond acceptors (Lipinski definition) is 9. The molecule has 0 fully saturated rings. The molecule has 0 aliphatic rings. The third-order valence-corrected chi connectivity index (χ3v) is 17.4. The highest BCUT2D eigenvalue weighted by Crippen LogP contribution is 2.39. The molecule has 0 radical (unpaired) electrons. The molecule has 0 saturated carbocycles. The molecule has 0 rings (SSSR count). The van der Waals surface area contributed by atoms with E-state index < -0.39 is 55.0 Å². The van der Waals surface area contributed by atoms with Crippen molar-refractivity contribution >= 4 is 44.0 Å². The fourth-order valence-electron chi connectivity index (χ4n) is 5.20. The average Bonchev–Trinajstić information content (AvgIpc) is 2.94. The van der Waals surface area contributed by atoms with Gasteiger partial charge in [0.05, 0.1) is 11.1 Å². The van der Waals surface area contributed by atoms with Crippen molar-refractivity contribution in [2.75, 3.05) is 49.2 Å². The highest BCUT2D eigenvalue weighted by Gasteiger charge is 2.54. The van der Waals surface area contributed by atoms with Gasteiger partial charge in [-0.15, -0.1) is 0 Å². The summed E-state index contributed by atoms with van der Waals surface area (Å²) in [5.41, 5.74) is -3.05. The van der Waals surface area contributed by atoms with Gasteiger partial charge in [-0.1, -0.05) is 0 Å². The Labute approximate surface area is 252 Å². The van der Waals surface area contributed by atoms with Crippen LogP contribution in [0.5, 0.6) is 0 Å². The lowest BCUT2D eigenvalue weighted by molar-refractivity contribution is 0.0779. The summed E-state index contributed by atoms with van der Waals surface area (Å²) in [5, 5.41) is 37.3. The Balaban J connectivity index is 7.03. The average molecular weight is 660 g/mol. The van der Waals surface area contributed by atoms with Gasteiger partial charge in [-0.05, 0) is 76.3 Å². The zero-order chi connectivity index (χ0) is 32.7. The summed E-state index contributed by atoms with van der Waals surface area (Å²) in [6.07, 6.45) is -2.57. The molecule has 0 aliphatic carbocycles. The monoisotopic (exact) mass is 659 g/mol. The second kappa shape index (κ2) is 18.1. The van der Waals surface area contributed by atoms with Crippen LogP contribution in [0.25, 0.3) is 0 Å². The molecule has 248 valence electrons. The van der Waals surface area contributed by atoms with Crippen LogP contribution in [0.3, 0.4) is 0 Å². The summed E-state index contributed by atoms with van der Waals surface area (Å²) < 4.78 is 33.7. The van der Waals surface area contributed by atoms with E-state index in [0.29, 0.717) is 37.4 Å². The minimum Gasteiger partial charge on any atom is -0.465 e. The van der Waals surface area contributed by atoms with Crippen molar-refractivity contribution in [1.29, 1.82) is 0 Å². The van der Waals surface area contributed by atoms with Crippen LogP contribution in [0.4, 0.5) is 14.4 Å². The van der Waals surface area contributed by atoms with Crippen molar-refractivity contribution in [3.05, 3.63) is 0 Å². The number of carbonyl (C=O) groups is 3. The first kappa shape index (κ1) is 40.2. The van der Waals surface area contributed by atoms with E-state index in [1.165, 1.54) is 0 Å². The van der Waals surface area contributed by atoms with Crippen molar-refractivity contribution in [2.24, 2.45) is 0 Å². The third-order valence-electron chi connectivity index (χ3n) is 8.44. The molecule has 0 aromatic heterocycles. The smallest absolute Gasteiger partial charge is 0.405 e. The van der Waals surface area contributed by atoms with Gasteiger partial charge < -0.3 is 57.8 Å². The van der Waals surface area contributed by atoms with Crippen LogP contribution >= 0.6 is 0 Å². The van der Waals surface area contributed by atoms with Crippen LogP contribution in [0.1, 0.15) is 38.5 Å². The van der Waals surface area contributed by atoms with Crippen LogP contribution in [-0.2, 0) is 26.6 Å². The second-order valence-corrected chi connectivity index (χ2v) is 21.6. The predicted molar refractivity (Wildman–Crippen MR) is 163 cm³/mol.